The number of aliphatic hydroxyl groups excluding tert-OH is 1. The van der Waals surface area contributed by atoms with Crippen molar-refractivity contribution in [3.8, 4) is 0 Å². The van der Waals surface area contributed by atoms with Crippen molar-refractivity contribution in [1.82, 2.24) is 0 Å². The maximum atomic E-state index is 10.5. The number of hydrogen-bond acceptors (Lipinski definition) is 4. The predicted octanol–water partition coefficient (Wildman–Crippen LogP) is -1.05. The lowest BCUT2D eigenvalue weighted by Gasteiger charge is -2.15. The molecule has 0 saturated carbocycles. The Balaban J connectivity index is 2.67. The highest BCUT2D eigenvalue weighted by Gasteiger charge is 2.39. The lowest BCUT2D eigenvalue weighted by atomic mass is 9.93. The summed E-state index contributed by atoms with van der Waals surface area (Å²) in [5.41, 5.74) is 0. The van der Waals surface area contributed by atoms with Crippen molar-refractivity contribution < 1.29 is 28.9 Å². The summed E-state index contributed by atoms with van der Waals surface area (Å²) < 4.78 is 20.5. The first kappa shape index (κ1) is 12.9. The van der Waals surface area contributed by atoms with E-state index < -0.39 is 31.9 Å². The van der Waals surface area contributed by atoms with Crippen LogP contribution in [0.25, 0.3) is 0 Å². The zero-order chi connectivity index (χ0) is 11.6. The first-order chi connectivity index (χ1) is 6.85. The fourth-order valence-electron chi connectivity index (χ4n) is 1.35. The summed E-state index contributed by atoms with van der Waals surface area (Å²) in [5, 5.41) is 9.58. The molecular weight excluding hydrogens is 222 g/mol. The van der Waals surface area contributed by atoms with E-state index in [0.29, 0.717) is 5.82 Å². The first-order valence-electron chi connectivity index (χ1n) is 4.21. The van der Waals surface area contributed by atoms with Crippen molar-refractivity contribution in [2.24, 2.45) is 0 Å². The van der Waals surface area contributed by atoms with Gasteiger partial charge in [0.25, 0.3) is 0 Å². The summed E-state index contributed by atoms with van der Waals surface area (Å²) in [4.78, 5) is 17.2. The van der Waals surface area contributed by atoms with Crippen LogP contribution in [-0.4, -0.2) is 54.2 Å². The van der Waals surface area contributed by atoms with Gasteiger partial charge in [-0.2, -0.15) is 0 Å². The second-order valence-corrected chi connectivity index (χ2v) is 4.66. The van der Waals surface area contributed by atoms with Crippen LogP contribution in [0.15, 0.2) is 11.9 Å². The average molecular weight is 234 g/mol. The molecule has 0 spiro atoms. The second kappa shape index (κ2) is 4.78. The standard InChI is InChI=1S/C7H12BO6P/c1-13-6-5(9)4(14-7(6)8)2-3-15(10,11)12/h2-7,9H,1H3,(H2,10,11,12)/b3-2+/t4-,5?,6+,7-/m1/s1. The van der Waals surface area contributed by atoms with Crippen LogP contribution in [0.1, 0.15) is 0 Å². The van der Waals surface area contributed by atoms with Gasteiger partial charge in [-0.3, -0.25) is 4.57 Å². The van der Waals surface area contributed by atoms with Crippen LogP contribution in [0, 0.1) is 0 Å². The molecule has 8 heteroatoms. The first-order valence-corrected chi connectivity index (χ1v) is 5.90. The van der Waals surface area contributed by atoms with Crippen molar-refractivity contribution in [2.75, 3.05) is 7.11 Å². The van der Waals surface area contributed by atoms with Gasteiger partial charge in [-0.05, 0) is 6.08 Å². The van der Waals surface area contributed by atoms with Gasteiger partial charge in [-0.1, -0.05) is 0 Å². The van der Waals surface area contributed by atoms with Gasteiger partial charge in [0.2, 0.25) is 0 Å². The van der Waals surface area contributed by atoms with Crippen LogP contribution in [0.4, 0.5) is 0 Å². The summed E-state index contributed by atoms with van der Waals surface area (Å²) in [5.74, 6) is 0.672. The van der Waals surface area contributed by atoms with Gasteiger partial charge in [0.1, 0.15) is 26.2 Å². The molecule has 0 aromatic heterocycles. The van der Waals surface area contributed by atoms with E-state index in [1.807, 2.05) is 0 Å². The normalized spacial score (nSPS) is 37.6. The molecule has 1 heterocycles. The molecule has 1 rings (SSSR count). The Kier molecular flexibility index (Phi) is 4.11. The van der Waals surface area contributed by atoms with Crippen LogP contribution in [0.3, 0.4) is 0 Å². The lowest BCUT2D eigenvalue weighted by molar-refractivity contribution is 0.00955. The Morgan fingerprint density at radius 1 is 1.53 bits per heavy atom. The highest BCUT2D eigenvalue weighted by atomic mass is 31.2. The van der Waals surface area contributed by atoms with Gasteiger partial charge < -0.3 is 24.4 Å². The number of rotatable bonds is 3. The minimum atomic E-state index is -4.25. The van der Waals surface area contributed by atoms with Crippen molar-refractivity contribution in [2.45, 2.75) is 24.3 Å². The summed E-state index contributed by atoms with van der Waals surface area (Å²) in [7, 11) is 2.60. The Morgan fingerprint density at radius 3 is 2.53 bits per heavy atom. The van der Waals surface area contributed by atoms with Gasteiger partial charge in [-0.25, -0.2) is 0 Å². The lowest BCUT2D eigenvalue weighted by Crippen LogP contribution is -2.33. The van der Waals surface area contributed by atoms with Crippen LogP contribution < -0.4 is 0 Å². The van der Waals surface area contributed by atoms with E-state index in [4.69, 9.17) is 27.1 Å². The molecule has 84 valence electrons. The molecule has 1 unspecified atom stereocenters. The maximum absolute atomic E-state index is 10.5. The predicted molar refractivity (Wildman–Crippen MR) is 52.4 cm³/mol. The van der Waals surface area contributed by atoms with Crippen molar-refractivity contribution in [3.05, 3.63) is 11.9 Å². The van der Waals surface area contributed by atoms with Gasteiger partial charge >= 0.3 is 7.60 Å². The summed E-state index contributed by atoms with van der Waals surface area (Å²) in [6, 6.07) is -0.809. The molecule has 15 heavy (non-hydrogen) atoms. The molecule has 1 aliphatic heterocycles. The molecule has 3 N–H and O–H groups in total. The molecule has 1 fully saturated rings. The molecule has 1 saturated heterocycles. The third-order valence-electron chi connectivity index (χ3n) is 2.05. The van der Waals surface area contributed by atoms with E-state index in [2.05, 4.69) is 0 Å². The van der Waals surface area contributed by atoms with E-state index in [9.17, 15) is 9.67 Å². The molecule has 0 aromatic rings. The third-order valence-corrected chi connectivity index (χ3v) is 2.61. The molecule has 2 radical (unpaired) electrons. The van der Waals surface area contributed by atoms with Gasteiger partial charge in [0.05, 0.1) is 0 Å². The largest absolute Gasteiger partial charge is 0.387 e. The van der Waals surface area contributed by atoms with Crippen LogP contribution in [-0.2, 0) is 14.0 Å². The second-order valence-electron chi connectivity index (χ2n) is 3.19. The molecule has 0 aromatic carbocycles. The molecule has 6 nitrogen and oxygen atoms in total. The highest BCUT2D eigenvalue weighted by Crippen LogP contribution is 2.37. The fourth-order valence-corrected chi connectivity index (χ4v) is 1.74. The number of aliphatic hydroxyl groups is 1. The summed E-state index contributed by atoms with van der Waals surface area (Å²) in [6.07, 6.45) is -1.51. The smallest absolute Gasteiger partial charge is 0.348 e. The van der Waals surface area contributed by atoms with Crippen molar-refractivity contribution in [1.29, 1.82) is 0 Å². The molecule has 0 bridgehead atoms. The zero-order valence-electron chi connectivity index (χ0n) is 8.06. The number of hydrogen-bond donors (Lipinski definition) is 3. The van der Waals surface area contributed by atoms with Gasteiger partial charge in [0.15, 0.2) is 0 Å². The van der Waals surface area contributed by atoms with Crippen LogP contribution in [0.2, 0.25) is 0 Å². The molecule has 1 aliphatic rings. The molecule has 0 aliphatic carbocycles. The molecular formula is C7H12BO6P. The summed E-state index contributed by atoms with van der Waals surface area (Å²) in [6.45, 7) is 0. The van der Waals surface area contributed by atoms with Crippen LogP contribution in [0.5, 0.6) is 0 Å². The fraction of sp³-hybridized carbons (Fsp3) is 0.714. The van der Waals surface area contributed by atoms with Crippen molar-refractivity contribution >= 4 is 15.4 Å². The minimum absolute atomic E-state index is 0.672. The minimum Gasteiger partial charge on any atom is -0.387 e. The van der Waals surface area contributed by atoms with E-state index in [0.717, 1.165) is 6.08 Å². The number of methoxy groups -OCH3 is 1. The molecule has 0 amide bonds. The van der Waals surface area contributed by atoms with E-state index in [1.54, 1.807) is 0 Å². The zero-order valence-corrected chi connectivity index (χ0v) is 8.95. The molecule has 4 atom stereocenters. The monoisotopic (exact) mass is 234 g/mol. The third kappa shape index (κ3) is 3.41. The van der Waals surface area contributed by atoms with Crippen LogP contribution >= 0.6 is 7.60 Å². The van der Waals surface area contributed by atoms with Gasteiger partial charge in [0, 0.05) is 18.9 Å². The maximum Gasteiger partial charge on any atom is 0.348 e. The Hall–Kier alpha value is -0.165. The van der Waals surface area contributed by atoms with Crippen molar-refractivity contribution in [3.63, 3.8) is 0 Å². The highest BCUT2D eigenvalue weighted by molar-refractivity contribution is 7.55. The van der Waals surface area contributed by atoms with Gasteiger partial charge in [-0.15, -0.1) is 0 Å². The summed E-state index contributed by atoms with van der Waals surface area (Å²) >= 11 is 0. The van der Waals surface area contributed by atoms with E-state index >= 15 is 0 Å². The van der Waals surface area contributed by atoms with E-state index in [1.165, 1.54) is 7.11 Å². The Labute approximate surface area is 88.5 Å². The quantitative estimate of drug-likeness (QED) is 0.425. The SMILES string of the molecule is [B][C@@H]1O[C@H](/C=C/P(=O)(O)O)C(O)[C@@H]1OC. The van der Waals surface area contributed by atoms with E-state index in [-0.39, 0.29) is 0 Å². The Bertz CT molecular complexity index is 289. The number of ether oxygens (including phenoxy) is 2. The average Bonchev–Trinajstić information content (AvgIpc) is 2.37. The Morgan fingerprint density at radius 2 is 2.13 bits per heavy atom. The topological polar surface area (TPSA) is 96.2 Å².